The molecule has 3 nitrogen and oxygen atoms in total. The van der Waals surface area contributed by atoms with Gasteiger partial charge in [0.15, 0.2) is 0 Å². The predicted molar refractivity (Wildman–Crippen MR) is 68.6 cm³/mol. The Morgan fingerprint density at radius 2 is 2.00 bits per heavy atom. The van der Waals surface area contributed by atoms with Crippen molar-refractivity contribution >= 4 is 15.9 Å². The van der Waals surface area contributed by atoms with Gasteiger partial charge in [0.1, 0.15) is 6.61 Å². The summed E-state index contributed by atoms with van der Waals surface area (Å²) in [7, 11) is 0. The van der Waals surface area contributed by atoms with Gasteiger partial charge in [0, 0.05) is 22.3 Å². The minimum Gasteiger partial charge on any atom is -0.473 e. The van der Waals surface area contributed by atoms with E-state index in [-0.39, 0.29) is 6.61 Å². The van der Waals surface area contributed by atoms with Gasteiger partial charge in [0.2, 0.25) is 5.88 Å². The van der Waals surface area contributed by atoms with E-state index in [1.165, 1.54) is 0 Å². The Balaban J connectivity index is 2.00. The molecule has 0 radical (unpaired) electrons. The number of hydrogen-bond acceptors (Lipinski definition) is 3. The summed E-state index contributed by atoms with van der Waals surface area (Å²) < 4.78 is 6.57. The molecule has 0 aliphatic carbocycles. The number of hydrogen-bond donors (Lipinski definition) is 1. The first-order valence-corrected chi connectivity index (χ1v) is 6.01. The van der Waals surface area contributed by atoms with Crippen LogP contribution in [0.3, 0.4) is 0 Å². The van der Waals surface area contributed by atoms with Gasteiger partial charge < -0.3 is 9.84 Å². The largest absolute Gasteiger partial charge is 0.473 e. The maximum Gasteiger partial charge on any atom is 0.213 e. The van der Waals surface area contributed by atoms with E-state index in [0.29, 0.717) is 12.5 Å². The first kappa shape index (κ1) is 12.1. The fourth-order valence-corrected chi connectivity index (χ4v) is 1.76. The summed E-state index contributed by atoms with van der Waals surface area (Å²) in [6.07, 6.45) is 1.61. The Bertz CT molecular complexity index is 485. The van der Waals surface area contributed by atoms with E-state index in [0.717, 1.165) is 15.6 Å². The van der Waals surface area contributed by atoms with E-state index in [2.05, 4.69) is 20.9 Å². The highest BCUT2D eigenvalue weighted by molar-refractivity contribution is 9.10. The number of pyridine rings is 1. The molecule has 0 saturated heterocycles. The van der Waals surface area contributed by atoms with Crippen molar-refractivity contribution in [2.24, 2.45) is 0 Å². The number of benzene rings is 1. The highest BCUT2D eigenvalue weighted by atomic mass is 79.9. The molecular formula is C13H12BrNO2. The van der Waals surface area contributed by atoms with E-state index in [1.54, 1.807) is 18.3 Å². The molecule has 0 aliphatic rings. The highest BCUT2D eigenvalue weighted by Gasteiger charge is 2.00. The Morgan fingerprint density at radius 1 is 1.18 bits per heavy atom. The van der Waals surface area contributed by atoms with Crippen LogP contribution >= 0.6 is 15.9 Å². The predicted octanol–water partition coefficient (Wildman–Crippen LogP) is 2.92. The molecule has 2 aromatic rings. The van der Waals surface area contributed by atoms with Gasteiger partial charge in [-0.3, -0.25) is 0 Å². The maximum absolute atomic E-state index is 8.89. The van der Waals surface area contributed by atoms with Crippen molar-refractivity contribution in [3.05, 3.63) is 58.2 Å². The first-order chi connectivity index (χ1) is 8.29. The summed E-state index contributed by atoms with van der Waals surface area (Å²) in [5.41, 5.74) is 1.85. The molecule has 0 amide bonds. The molecule has 0 saturated carbocycles. The average molecular weight is 294 g/mol. The Labute approximate surface area is 108 Å². The normalized spacial score (nSPS) is 10.2. The van der Waals surface area contributed by atoms with Gasteiger partial charge >= 0.3 is 0 Å². The van der Waals surface area contributed by atoms with Crippen molar-refractivity contribution in [3.8, 4) is 5.88 Å². The zero-order valence-corrected chi connectivity index (χ0v) is 10.7. The number of aliphatic hydroxyl groups is 1. The van der Waals surface area contributed by atoms with E-state index in [1.807, 2.05) is 24.3 Å². The molecule has 2 rings (SSSR count). The van der Waals surface area contributed by atoms with Gasteiger partial charge in [0.05, 0.1) is 6.61 Å². The monoisotopic (exact) mass is 293 g/mol. The second-order valence-electron chi connectivity index (χ2n) is 3.54. The second-order valence-corrected chi connectivity index (χ2v) is 4.40. The Kier molecular flexibility index (Phi) is 4.12. The molecule has 0 unspecified atom stereocenters. The molecule has 0 aliphatic heterocycles. The van der Waals surface area contributed by atoms with Crippen LogP contribution < -0.4 is 4.74 Å². The van der Waals surface area contributed by atoms with E-state index < -0.39 is 0 Å². The summed E-state index contributed by atoms with van der Waals surface area (Å²) >= 11 is 3.46. The number of aromatic nitrogens is 1. The molecule has 1 aromatic heterocycles. The molecular weight excluding hydrogens is 282 g/mol. The number of nitrogens with zero attached hydrogens (tertiary/aromatic N) is 1. The van der Waals surface area contributed by atoms with Crippen molar-refractivity contribution < 1.29 is 9.84 Å². The van der Waals surface area contributed by atoms with Crippen LogP contribution in [-0.2, 0) is 13.2 Å². The van der Waals surface area contributed by atoms with Gasteiger partial charge in [-0.15, -0.1) is 0 Å². The van der Waals surface area contributed by atoms with Crippen molar-refractivity contribution in [1.82, 2.24) is 4.98 Å². The van der Waals surface area contributed by atoms with Crippen molar-refractivity contribution in [2.45, 2.75) is 13.2 Å². The van der Waals surface area contributed by atoms with E-state index in [4.69, 9.17) is 9.84 Å². The number of ether oxygens (including phenoxy) is 1. The maximum atomic E-state index is 8.89. The van der Waals surface area contributed by atoms with Crippen LogP contribution in [0.15, 0.2) is 47.1 Å². The summed E-state index contributed by atoms with van der Waals surface area (Å²) in [5.74, 6) is 0.554. The molecule has 0 bridgehead atoms. The Hall–Kier alpha value is -1.39. The molecule has 0 spiro atoms. The van der Waals surface area contributed by atoms with Crippen LogP contribution in [0, 0.1) is 0 Å². The fraction of sp³-hybridized carbons (Fsp3) is 0.154. The molecule has 1 N–H and O–H groups in total. The van der Waals surface area contributed by atoms with Gasteiger partial charge in [-0.25, -0.2) is 4.98 Å². The molecule has 17 heavy (non-hydrogen) atoms. The minimum atomic E-state index is -0.00247. The summed E-state index contributed by atoms with van der Waals surface area (Å²) in [4.78, 5) is 4.10. The van der Waals surface area contributed by atoms with Gasteiger partial charge in [-0.1, -0.05) is 34.1 Å². The standard InChI is InChI=1S/C13H12BrNO2/c14-12-4-2-1-3-11(12)9-17-13-6-5-10(8-16)7-15-13/h1-7,16H,8-9H2. The number of halogens is 1. The molecule has 1 heterocycles. The SMILES string of the molecule is OCc1ccc(OCc2ccccc2Br)nc1. The van der Waals surface area contributed by atoms with Gasteiger partial charge in [-0.2, -0.15) is 0 Å². The van der Waals surface area contributed by atoms with E-state index >= 15 is 0 Å². The topological polar surface area (TPSA) is 42.4 Å². The van der Waals surface area contributed by atoms with Crippen LogP contribution in [0.1, 0.15) is 11.1 Å². The van der Waals surface area contributed by atoms with Gasteiger partial charge in [-0.05, 0) is 17.7 Å². The highest BCUT2D eigenvalue weighted by Crippen LogP contribution is 2.18. The third-order valence-corrected chi connectivity index (χ3v) is 3.09. The second kappa shape index (κ2) is 5.80. The van der Waals surface area contributed by atoms with Crippen LogP contribution in [0.5, 0.6) is 5.88 Å². The van der Waals surface area contributed by atoms with Crippen LogP contribution in [0.25, 0.3) is 0 Å². The van der Waals surface area contributed by atoms with Crippen molar-refractivity contribution in [2.75, 3.05) is 0 Å². The zero-order valence-electron chi connectivity index (χ0n) is 9.14. The third-order valence-electron chi connectivity index (χ3n) is 2.31. The lowest BCUT2D eigenvalue weighted by Crippen LogP contribution is -1.98. The number of rotatable bonds is 4. The first-order valence-electron chi connectivity index (χ1n) is 5.21. The van der Waals surface area contributed by atoms with E-state index in [9.17, 15) is 0 Å². The minimum absolute atomic E-state index is 0.00247. The zero-order chi connectivity index (χ0) is 12.1. The molecule has 1 aromatic carbocycles. The number of aliphatic hydroxyl groups excluding tert-OH is 1. The average Bonchev–Trinajstić information content (AvgIpc) is 2.38. The molecule has 88 valence electrons. The summed E-state index contributed by atoms with van der Waals surface area (Å²) in [6.45, 7) is 0.463. The lowest BCUT2D eigenvalue weighted by molar-refractivity contribution is 0.277. The van der Waals surface area contributed by atoms with Crippen molar-refractivity contribution in [3.63, 3.8) is 0 Å². The molecule has 0 atom stereocenters. The molecule has 0 fully saturated rings. The van der Waals surface area contributed by atoms with Crippen molar-refractivity contribution in [1.29, 1.82) is 0 Å². The van der Waals surface area contributed by atoms with Gasteiger partial charge in [0.25, 0.3) is 0 Å². The molecule has 4 heteroatoms. The Morgan fingerprint density at radius 3 is 2.65 bits per heavy atom. The fourth-order valence-electron chi connectivity index (χ4n) is 1.36. The van der Waals surface area contributed by atoms with Crippen LogP contribution in [0.2, 0.25) is 0 Å². The lowest BCUT2D eigenvalue weighted by Gasteiger charge is -2.07. The summed E-state index contributed by atoms with van der Waals surface area (Å²) in [6, 6.07) is 11.4. The lowest BCUT2D eigenvalue weighted by atomic mass is 10.2. The third kappa shape index (κ3) is 3.28. The summed E-state index contributed by atoms with van der Waals surface area (Å²) in [5, 5.41) is 8.89. The van der Waals surface area contributed by atoms with Crippen LogP contribution in [-0.4, -0.2) is 10.1 Å². The quantitative estimate of drug-likeness (QED) is 0.942. The van der Waals surface area contributed by atoms with Crippen LogP contribution in [0.4, 0.5) is 0 Å². The smallest absolute Gasteiger partial charge is 0.213 e.